The zero-order chi connectivity index (χ0) is 32.0. The zero-order valence-corrected chi connectivity index (χ0v) is 25.8. The van der Waals surface area contributed by atoms with Crippen LogP contribution < -0.4 is 9.64 Å². The molecule has 0 aliphatic carbocycles. The number of carbonyl (C=O) groups is 1. The highest BCUT2D eigenvalue weighted by molar-refractivity contribution is 5.99. The van der Waals surface area contributed by atoms with Gasteiger partial charge in [-0.15, -0.1) is 0 Å². The van der Waals surface area contributed by atoms with Crippen molar-refractivity contribution in [3.8, 4) is 23.3 Å². The molecule has 9 nitrogen and oxygen atoms in total. The van der Waals surface area contributed by atoms with Gasteiger partial charge in [0.05, 0.1) is 35.2 Å². The van der Waals surface area contributed by atoms with Crippen LogP contribution in [0.2, 0.25) is 0 Å². The number of fused-ring (bicyclic) bond motifs is 3. The van der Waals surface area contributed by atoms with Crippen LogP contribution in [0.3, 0.4) is 0 Å². The molecule has 2 aromatic carbocycles. The summed E-state index contributed by atoms with van der Waals surface area (Å²) in [5, 5.41) is 12.4. The summed E-state index contributed by atoms with van der Waals surface area (Å²) in [7, 11) is 0. The number of nitrogens with zero attached hydrogens (tertiary/aromatic N) is 7. The summed E-state index contributed by atoms with van der Waals surface area (Å²) < 4.78 is 34.6. The Balaban J connectivity index is 1.29. The number of rotatable bonds is 7. The van der Waals surface area contributed by atoms with Crippen LogP contribution in [0.1, 0.15) is 31.2 Å². The van der Waals surface area contributed by atoms with Gasteiger partial charge in [0.15, 0.2) is 11.5 Å². The first kappa shape index (κ1) is 30.0. The second-order valence-electron chi connectivity index (χ2n) is 12.6. The molecule has 3 atom stereocenters. The lowest BCUT2D eigenvalue weighted by Crippen LogP contribution is -2.55. The Morgan fingerprint density at radius 1 is 1.11 bits per heavy atom. The number of amides is 1. The van der Waals surface area contributed by atoms with E-state index >= 15 is 0 Å². The molecule has 2 aromatic heterocycles. The first-order valence-electron chi connectivity index (χ1n) is 15.7. The molecule has 0 bridgehead atoms. The Morgan fingerprint density at radius 3 is 2.74 bits per heavy atom. The summed E-state index contributed by atoms with van der Waals surface area (Å²) in [6.45, 7) is 7.55. The highest BCUT2D eigenvalue weighted by Crippen LogP contribution is 2.41. The Labute approximate surface area is 266 Å². The molecule has 236 valence electrons. The van der Waals surface area contributed by atoms with Crippen molar-refractivity contribution in [2.75, 3.05) is 44.2 Å². The number of piperazine rings is 1. The number of alkyl halides is 1. The summed E-state index contributed by atoms with van der Waals surface area (Å²) >= 11 is 0. The molecular weight excluding hydrogens is 588 g/mol. The van der Waals surface area contributed by atoms with E-state index in [1.54, 1.807) is 0 Å². The molecule has 1 amide bonds. The lowest BCUT2D eigenvalue weighted by atomic mass is 9.95. The predicted octanol–water partition coefficient (Wildman–Crippen LogP) is 5.52. The zero-order valence-electron chi connectivity index (χ0n) is 25.8. The molecule has 11 heteroatoms. The maximum absolute atomic E-state index is 14.5. The van der Waals surface area contributed by atoms with E-state index < -0.39 is 23.9 Å². The van der Waals surface area contributed by atoms with Crippen LogP contribution in [-0.4, -0.2) is 87.7 Å². The molecule has 0 saturated carbocycles. The van der Waals surface area contributed by atoms with E-state index in [2.05, 4.69) is 42.7 Å². The highest BCUT2D eigenvalue weighted by Gasteiger charge is 2.49. The summed E-state index contributed by atoms with van der Waals surface area (Å²) in [6, 6.07) is 17.9. The fourth-order valence-electron chi connectivity index (χ4n) is 7.57. The molecule has 0 radical (unpaired) electrons. The molecule has 7 rings (SSSR count). The SMILES string of the molecule is C=C(F)C(=O)N1CCN(c2nc(OC[C@@]34CCCN3C[C@H](F)C4)nc3nc(-c4cccc5cccc(C)c45)ccc23)C[C@@H]1CC#N. The van der Waals surface area contributed by atoms with Gasteiger partial charge < -0.3 is 14.5 Å². The van der Waals surface area contributed by atoms with Gasteiger partial charge in [0, 0.05) is 38.2 Å². The lowest BCUT2D eigenvalue weighted by Gasteiger charge is -2.41. The number of hydrogen-bond donors (Lipinski definition) is 0. The molecule has 5 heterocycles. The van der Waals surface area contributed by atoms with Crippen LogP contribution in [0.4, 0.5) is 14.6 Å². The number of ether oxygens (including phenoxy) is 1. The molecule has 0 spiro atoms. The van der Waals surface area contributed by atoms with E-state index in [0.717, 1.165) is 47.0 Å². The molecule has 0 N–H and O–H groups in total. The molecule has 3 aliphatic rings. The van der Waals surface area contributed by atoms with Crippen LogP contribution in [0, 0.1) is 18.3 Å². The number of benzene rings is 2. The first-order chi connectivity index (χ1) is 22.3. The van der Waals surface area contributed by atoms with Crippen molar-refractivity contribution in [1.29, 1.82) is 5.26 Å². The Kier molecular flexibility index (Phi) is 7.77. The van der Waals surface area contributed by atoms with E-state index in [9.17, 15) is 18.8 Å². The third kappa shape index (κ3) is 5.30. The average molecular weight is 624 g/mol. The minimum atomic E-state index is -1.05. The molecule has 3 fully saturated rings. The number of aryl methyl sites for hydroxylation is 1. The van der Waals surface area contributed by atoms with Gasteiger partial charge in [-0.05, 0) is 54.8 Å². The van der Waals surface area contributed by atoms with Gasteiger partial charge in [-0.1, -0.05) is 43.0 Å². The molecule has 46 heavy (non-hydrogen) atoms. The predicted molar refractivity (Wildman–Crippen MR) is 172 cm³/mol. The second-order valence-corrected chi connectivity index (χ2v) is 12.6. The van der Waals surface area contributed by atoms with Crippen molar-refractivity contribution in [3.63, 3.8) is 0 Å². The van der Waals surface area contributed by atoms with Crippen molar-refractivity contribution in [2.24, 2.45) is 0 Å². The largest absolute Gasteiger partial charge is 0.461 e. The molecule has 3 saturated heterocycles. The lowest BCUT2D eigenvalue weighted by molar-refractivity contribution is -0.131. The number of aromatic nitrogens is 3. The van der Waals surface area contributed by atoms with Gasteiger partial charge in [-0.3, -0.25) is 9.69 Å². The van der Waals surface area contributed by atoms with E-state index in [0.29, 0.717) is 36.4 Å². The van der Waals surface area contributed by atoms with Crippen molar-refractivity contribution in [2.45, 2.75) is 50.4 Å². The first-order valence-corrected chi connectivity index (χ1v) is 15.7. The molecule has 3 aliphatic heterocycles. The fourth-order valence-corrected chi connectivity index (χ4v) is 7.57. The maximum atomic E-state index is 14.5. The number of carbonyl (C=O) groups excluding carboxylic acids is 1. The van der Waals surface area contributed by atoms with Crippen LogP contribution in [-0.2, 0) is 4.79 Å². The number of halogens is 2. The summed E-state index contributed by atoms with van der Waals surface area (Å²) in [4.78, 5) is 32.7. The monoisotopic (exact) mass is 623 g/mol. The minimum absolute atomic E-state index is 0.0213. The normalized spacial score (nSPS) is 23.1. The molecular formula is C35H35F2N7O2. The Morgan fingerprint density at radius 2 is 1.93 bits per heavy atom. The van der Waals surface area contributed by atoms with Crippen LogP contribution >= 0.6 is 0 Å². The van der Waals surface area contributed by atoms with Crippen molar-refractivity contribution in [1.82, 2.24) is 24.8 Å². The standard InChI is InChI=1S/C35H35F2N7O2/c1-22-6-3-7-24-8-4-9-27(30(22)24)29-11-10-28-31(39-29)40-34(46-21-35-13-5-15-43(35)19-25(37)18-35)41-32(28)42-16-17-44(33(45)23(2)36)26(20-42)12-14-38/h3-4,6-11,25-26H,2,5,12-13,15-21H2,1H3/t25-,26+,35+/m1/s1. The van der Waals surface area contributed by atoms with Gasteiger partial charge >= 0.3 is 6.01 Å². The third-order valence-electron chi connectivity index (χ3n) is 9.74. The van der Waals surface area contributed by atoms with E-state index in [1.165, 1.54) is 4.90 Å². The Hall–Kier alpha value is -4.69. The topological polar surface area (TPSA) is 98.5 Å². The minimum Gasteiger partial charge on any atom is -0.461 e. The number of pyridine rings is 1. The van der Waals surface area contributed by atoms with Crippen molar-refractivity contribution < 1.29 is 18.3 Å². The van der Waals surface area contributed by atoms with Crippen molar-refractivity contribution >= 4 is 33.5 Å². The number of hydrogen-bond acceptors (Lipinski definition) is 8. The average Bonchev–Trinajstić information content (AvgIpc) is 3.58. The van der Waals surface area contributed by atoms with Crippen LogP contribution in [0.25, 0.3) is 33.1 Å². The molecule has 0 unspecified atom stereocenters. The highest BCUT2D eigenvalue weighted by atomic mass is 19.1. The number of anilines is 1. The van der Waals surface area contributed by atoms with E-state index in [4.69, 9.17) is 19.7 Å². The van der Waals surface area contributed by atoms with Gasteiger partial charge in [0.2, 0.25) is 0 Å². The Bertz CT molecular complexity index is 1890. The third-order valence-corrected chi connectivity index (χ3v) is 9.74. The molecule has 4 aromatic rings. The van der Waals surface area contributed by atoms with Gasteiger partial charge in [-0.25, -0.2) is 13.8 Å². The van der Waals surface area contributed by atoms with E-state index in [1.807, 2.05) is 35.2 Å². The van der Waals surface area contributed by atoms with E-state index in [-0.39, 0.29) is 37.7 Å². The fraction of sp³-hybridized carbons (Fsp3) is 0.400. The summed E-state index contributed by atoms with van der Waals surface area (Å²) in [6.07, 6.45) is 1.39. The van der Waals surface area contributed by atoms with Gasteiger partial charge in [0.25, 0.3) is 5.91 Å². The smallest absolute Gasteiger partial charge is 0.320 e. The van der Waals surface area contributed by atoms with Crippen molar-refractivity contribution in [3.05, 3.63) is 66.5 Å². The quantitative estimate of drug-likeness (QED) is 0.248. The van der Waals surface area contributed by atoms with Crippen LogP contribution in [0.15, 0.2) is 60.9 Å². The number of nitriles is 1. The second kappa shape index (κ2) is 11.9. The maximum Gasteiger partial charge on any atom is 0.320 e. The van der Waals surface area contributed by atoms with Gasteiger partial charge in [0.1, 0.15) is 18.6 Å². The van der Waals surface area contributed by atoms with Crippen LogP contribution in [0.5, 0.6) is 6.01 Å². The summed E-state index contributed by atoms with van der Waals surface area (Å²) in [5.74, 6) is -1.31. The summed E-state index contributed by atoms with van der Waals surface area (Å²) in [5.41, 5.74) is 2.92. The van der Waals surface area contributed by atoms with Gasteiger partial charge in [-0.2, -0.15) is 15.2 Å².